The van der Waals surface area contributed by atoms with E-state index in [1.807, 2.05) is 60.5 Å². The van der Waals surface area contributed by atoms with E-state index in [1.165, 1.54) is 5.56 Å². The van der Waals surface area contributed by atoms with Crippen molar-refractivity contribution in [2.24, 2.45) is 0 Å². The average Bonchev–Trinajstić information content (AvgIpc) is 3.34. The fraction of sp³-hybridized carbons (Fsp3) is 0.292. The normalized spacial score (nSPS) is 14.5. The highest BCUT2D eigenvalue weighted by molar-refractivity contribution is 9.10. The number of carbonyl (C=O) groups is 1. The number of aromatic amines is 1. The molecule has 1 fully saturated rings. The highest BCUT2D eigenvalue weighted by Crippen LogP contribution is 2.26. The summed E-state index contributed by atoms with van der Waals surface area (Å²) >= 11 is 3.50. The molecule has 33 heavy (non-hydrogen) atoms. The van der Waals surface area contributed by atoms with Gasteiger partial charge in [-0.1, -0.05) is 28.1 Å². The van der Waals surface area contributed by atoms with Crippen LogP contribution in [0.25, 0.3) is 0 Å². The van der Waals surface area contributed by atoms with Crippen molar-refractivity contribution in [1.82, 2.24) is 19.8 Å². The number of halogens is 3. The van der Waals surface area contributed by atoms with Gasteiger partial charge in [-0.25, -0.2) is 4.98 Å². The van der Waals surface area contributed by atoms with Crippen molar-refractivity contribution in [3.05, 3.63) is 87.4 Å². The number of aromatic nitrogens is 2. The number of imidazole rings is 1. The third kappa shape index (κ3) is 6.36. The lowest BCUT2D eigenvalue weighted by Gasteiger charge is -2.39. The first-order valence-electron chi connectivity index (χ1n) is 10.3. The fourth-order valence-electron chi connectivity index (χ4n) is 4.02. The van der Waals surface area contributed by atoms with Gasteiger partial charge in [-0.15, -0.1) is 24.8 Å². The number of hydrogen-bond donors (Lipinski definition) is 1. The highest BCUT2D eigenvalue weighted by atomic mass is 79.9. The number of nitrogens with zero attached hydrogens (tertiary/aromatic N) is 4. The van der Waals surface area contributed by atoms with Crippen LogP contribution >= 0.6 is 40.7 Å². The summed E-state index contributed by atoms with van der Waals surface area (Å²) in [5, 5.41) is 9.04. The zero-order valence-electron chi connectivity index (χ0n) is 18.2. The number of nitriles is 1. The minimum absolute atomic E-state index is 0. The van der Waals surface area contributed by atoms with Crippen LogP contribution in [0.15, 0.2) is 59.5 Å². The van der Waals surface area contributed by atoms with Gasteiger partial charge < -0.3 is 9.88 Å². The Morgan fingerprint density at radius 3 is 2.42 bits per heavy atom. The SMILES string of the molecule is Cc1cc(C(=O)N2CCN(C(Cc3ccc(C#N)cc3)c3cnc[nH]3)CC2)ccc1Br.Cl.Cl. The van der Waals surface area contributed by atoms with Gasteiger partial charge in [0.15, 0.2) is 0 Å². The zero-order valence-corrected chi connectivity index (χ0v) is 21.4. The number of aryl methyl sites for hydroxylation is 1. The molecule has 0 bridgehead atoms. The molecule has 174 valence electrons. The van der Waals surface area contributed by atoms with Crippen molar-refractivity contribution in [3.8, 4) is 6.07 Å². The number of amides is 1. The molecular formula is C24H26BrCl2N5O. The molecule has 1 N–H and O–H groups in total. The number of piperazine rings is 1. The van der Waals surface area contributed by atoms with E-state index < -0.39 is 0 Å². The lowest BCUT2D eigenvalue weighted by atomic mass is 10.00. The maximum atomic E-state index is 13.0. The average molecular weight is 551 g/mol. The van der Waals surface area contributed by atoms with E-state index >= 15 is 0 Å². The zero-order chi connectivity index (χ0) is 21.8. The van der Waals surface area contributed by atoms with Gasteiger partial charge in [0, 0.05) is 42.4 Å². The van der Waals surface area contributed by atoms with Gasteiger partial charge in [-0.2, -0.15) is 5.26 Å². The first-order chi connectivity index (χ1) is 15.0. The molecule has 0 spiro atoms. The second kappa shape index (κ2) is 12.2. The Morgan fingerprint density at radius 1 is 1.15 bits per heavy atom. The third-order valence-corrected chi connectivity index (χ3v) is 6.73. The Morgan fingerprint density at radius 2 is 1.85 bits per heavy atom. The van der Waals surface area contributed by atoms with Crippen LogP contribution in [0.3, 0.4) is 0 Å². The van der Waals surface area contributed by atoms with E-state index in [-0.39, 0.29) is 36.8 Å². The predicted octanol–water partition coefficient (Wildman–Crippen LogP) is 4.94. The Balaban J connectivity index is 0.00000193. The molecule has 1 amide bonds. The van der Waals surface area contributed by atoms with Crippen molar-refractivity contribution in [2.45, 2.75) is 19.4 Å². The Bertz CT molecular complexity index is 1090. The molecule has 9 heteroatoms. The van der Waals surface area contributed by atoms with Crippen LogP contribution in [-0.4, -0.2) is 51.9 Å². The summed E-state index contributed by atoms with van der Waals surface area (Å²) in [7, 11) is 0. The van der Waals surface area contributed by atoms with Gasteiger partial charge in [0.1, 0.15) is 0 Å². The van der Waals surface area contributed by atoms with Crippen molar-refractivity contribution < 1.29 is 4.79 Å². The molecule has 2 heterocycles. The Labute approximate surface area is 215 Å². The molecule has 1 atom stereocenters. The molecule has 1 saturated heterocycles. The first-order valence-corrected chi connectivity index (χ1v) is 11.1. The van der Waals surface area contributed by atoms with E-state index in [2.05, 4.69) is 36.9 Å². The largest absolute Gasteiger partial charge is 0.347 e. The monoisotopic (exact) mass is 549 g/mol. The number of carbonyl (C=O) groups excluding carboxylic acids is 1. The number of rotatable bonds is 5. The van der Waals surface area contributed by atoms with Gasteiger partial charge in [0.05, 0.1) is 29.7 Å². The van der Waals surface area contributed by atoms with E-state index in [9.17, 15) is 4.79 Å². The second-order valence-corrected chi connectivity index (χ2v) is 8.68. The smallest absolute Gasteiger partial charge is 0.253 e. The molecule has 3 aromatic rings. The second-order valence-electron chi connectivity index (χ2n) is 7.83. The molecule has 2 aromatic carbocycles. The summed E-state index contributed by atoms with van der Waals surface area (Å²) < 4.78 is 1.01. The van der Waals surface area contributed by atoms with E-state index in [4.69, 9.17) is 5.26 Å². The summed E-state index contributed by atoms with van der Waals surface area (Å²) in [5.41, 5.74) is 4.69. The van der Waals surface area contributed by atoms with Gasteiger partial charge in [-0.05, 0) is 54.8 Å². The van der Waals surface area contributed by atoms with Gasteiger partial charge in [0.2, 0.25) is 0 Å². The number of nitrogens with one attached hydrogen (secondary N) is 1. The fourth-order valence-corrected chi connectivity index (χ4v) is 4.27. The molecule has 1 aromatic heterocycles. The molecule has 0 saturated carbocycles. The van der Waals surface area contributed by atoms with Gasteiger partial charge in [-0.3, -0.25) is 9.69 Å². The summed E-state index contributed by atoms with van der Waals surface area (Å²) in [6.45, 7) is 4.96. The topological polar surface area (TPSA) is 76.0 Å². The minimum atomic E-state index is 0. The van der Waals surface area contributed by atoms with E-state index in [1.54, 1.807) is 6.33 Å². The first kappa shape index (κ1) is 26.9. The standard InChI is InChI=1S/C24H24BrN5O.2ClH/c1-17-12-20(6-7-21(17)25)24(31)30-10-8-29(9-11-30)23(22-15-27-16-28-22)13-18-2-4-19(14-26)5-3-18;;/h2-7,12,15-16,23H,8-11,13H2,1H3,(H,27,28);2*1H. The maximum Gasteiger partial charge on any atom is 0.253 e. The number of H-pyrrole nitrogens is 1. The summed E-state index contributed by atoms with van der Waals surface area (Å²) in [6, 6.07) is 15.8. The molecular weight excluding hydrogens is 525 g/mol. The molecule has 0 aliphatic carbocycles. The van der Waals surface area contributed by atoms with Crippen molar-refractivity contribution in [1.29, 1.82) is 5.26 Å². The maximum absolute atomic E-state index is 13.0. The molecule has 4 rings (SSSR count). The van der Waals surface area contributed by atoms with Crippen LogP contribution in [0.2, 0.25) is 0 Å². The quantitative estimate of drug-likeness (QED) is 0.488. The van der Waals surface area contributed by atoms with Crippen LogP contribution in [0.5, 0.6) is 0 Å². The highest BCUT2D eigenvalue weighted by Gasteiger charge is 2.28. The van der Waals surface area contributed by atoms with Crippen molar-refractivity contribution in [2.75, 3.05) is 26.2 Å². The molecule has 1 unspecified atom stereocenters. The lowest BCUT2D eigenvalue weighted by Crippen LogP contribution is -2.50. The predicted molar refractivity (Wildman–Crippen MR) is 137 cm³/mol. The third-order valence-electron chi connectivity index (χ3n) is 5.84. The van der Waals surface area contributed by atoms with Crippen LogP contribution in [0.1, 0.15) is 38.8 Å². The summed E-state index contributed by atoms with van der Waals surface area (Å²) in [4.78, 5) is 24.8. The van der Waals surface area contributed by atoms with Crippen molar-refractivity contribution in [3.63, 3.8) is 0 Å². The van der Waals surface area contributed by atoms with E-state index in [0.717, 1.165) is 40.8 Å². The van der Waals surface area contributed by atoms with Crippen LogP contribution in [0.4, 0.5) is 0 Å². The molecule has 1 aliphatic rings. The van der Waals surface area contributed by atoms with Crippen LogP contribution in [-0.2, 0) is 6.42 Å². The molecule has 0 radical (unpaired) electrons. The lowest BCUT2D eigenvalue weighted by molar-refractivity contribution is 0.0562. The van der Waals surface area contributed by atoms with Crippen LogP contribution in [0, 0.1) is 18.3 Å². The number of hydrogen-bond acceptors (Lipinski definition) is 4. The Hall–Kier alpha value is -2.37. The van der Waals surface area contributed by atoms with E-state index in [0.29, 0.717) is 18.7 Å². The van der Waals surface area contributed by atoms with Crippen LogP contribution < -0.4 is 0 Å². The minimum Gasteiger partial charge on any atom is -0.347 e. The molecule has 6 nitrogen and oxygen atoms in total. The summed E-state index contributed by atoms with van der Waals surface area (Å²) in [5.74, 6) is 0.0837. The van der Waals surface area contributed by atoms with Gasteiger partial charge in [0.25, 0.3) is 5.91 Å². The number of benzene rings is 2. The van der Waals surface area contributed by atoms with Gasteiger partial charge >= 0.3 is 0 Å². The summed E-state index contributed by atoms with van der Waals surface area (Å²) in [6.07, 6.45) is 4.39. The van der Waals surface area contributed by atoms with Crippen molar-refractivity contribution >= 4 is 46.7 Å². The molecule has 1 aliphatic heterocycles. The Kier molecular flexibility index (Phi) is 9.93.